The zero-order chi connectivity index (χ0) is 7.71. The van der Waals surface area contributed by atoms with Crippen LogP contribution in [0.15, 0.2) is 0 Å². The predicted molar refractivity (Wildman–Crippen MR) is 34.7 cm³/mol. The quantitative estimate of drug-likeness (QED) is 0.535. The molecule has 1 atom stereocenters. The summed E-state index contributed by atoms with van der Waals surface area (Å²) in [5.41, 5.74) is 0. The molecule has 0 rings (SSSR count). The van der Waals surface area contributed by atoms with Gasteiger partial charge in [-0.3, -0.25) is 0 Å². The van der Waals surface area contributed by atoms with Crippen molar-refractivity contribution in [2.75, 3.05) is 6.26 Å². The van der Waals surface area contributed by atoms with Crippen molar-refractivity contribution >= 4 is 21.4 Å². The zero-order valence-corrected chi connectivity index (χ0v) is 6.62. The SMILES string of the molecule is C[C@@](Cl)(C#N)S(C)(=O)=O. The van der Waals surface area contributed by atoms with Crippen molar-refractivity contribution in [1.82, 2.24) is 0 Å². The summed E-state index contributed by atoms with van der Waals surface area (Å²) in [7, 11) is -3.45. The standard InChI is InChI=1S/C4H6ClNO2S/c1-4(5,3-6)9(2,7)8/h1-2H3/t4-/m0/s1. The smallest absolute Gasteiger partial charge is 0.226 e. The molecule has 3 nitrogen and oxygen atoms in total. The van der Waals surface area contributed by atoms with Crippen LogP contribution in [0.25, 0.3) is 0 Å². The molecule has 52 valence electrons. The summed E-state index contributed by atoms with van der Waals surface area (Å²) in [6.07, 6.45) is 0.920. The van der Waals surface area contributed by atoms with E-state index in [9.17, 15) is 8.42 Å². The molecule has 0 aliphatic carbocycles. The van der Waals surface area contributed by atoms with Crippen molar-refractivity contribution in [3.63, 3.8) is 0 Å². The van der Waals surface area contributed by atoms with E-state index in [4.69, 9.17) is 16.9 Å². The molecule has 9 heavy (non-hydrogen) atoms. The van der Waals surface area contributed by atoms with Gasteiger partial charge in [0.2, 0.25) is 4.21 Å². The molecular weight excluding hydrogens is 162 g/mol. The van der Waals surface area contributed by atoms with Crippen LogP contribution in [-0.2, 0) is 9.84 Å². The maximum absolute atomic E-state index is 10.5. The number of hydrogen-bond acceptors (Lipinski definition) is 3. The third-order valence-electron chi connectivity index (χ3n) is 0.896. The summed E-state index contributed by atoms with van der Waals surface area (Å²) >= 11 is 5.25. The first-order chi connectivity index (χ1) is 3.81. The highest BCUT2D eigenvalue weighted by molar-refractivity contribution is 7.93. The van der Waals surface area contributed by atoms with Gasteiger partial charge < -0.3 is 0 Å². The van der Waals surface area contributed by atoms with Crippen LogP contribution in [0.5, 0.6) is 0 Å². The summed E-state index contributed by atoms with van der Waals surface area (Å²) < 4.78 is 19.3. The summed E-state index contributed by atoms with van der Waals surface area (Å²) in [5, 5.41) is 8.17. The van der Waals surface area contributed by atoms with Crippen LogP contribution in [0.3, 0.4) is 0 Å². The van der Waals surface area contributed by atoms with Gasteiger partial charge in [-0.05, 0) is 6.92 Å². The molecule has 0 saturated heterocycles. The summed E-state index contributed by atoms with van der Waals surface area (Å²) in [4.78, 5) is 0. The van der Waals surface area contributed by atoms with Gasteiger partial charge in [-0.25, -0.2) is 8.42 Å². The van der Waals surface area contributed by atoms with Gasteiger partial charge in [0.1, 0.15) is 6.07 Å². The number of rotatable bonds is 1. The van der Waals surface area contributed by atoms with Crippen LogP contribution >= 0.6 is 11.6 Å². The maximum atomic E-state index is 10.5. The van der Waals surface area contributed by atoms with E-state index in [1.54, 1.807) is 0 Å². The van der Waals surface area contributed by atoms with Crippen LogP contribution < -0.4 is 0 Å². The number of sulfone groups is 1. The molecule has 0 bridgehead atoms. The van der Waals surface area contributed by atoms with Crippen molar-refractivity contribution < 1.29 is 8.42 Å². The Morgan fingerprint density at radius 2 is 2.00 bits per heavy atom. The van der Waals surface area contributed by atoms with Crippen LogP contribution in [0.4, 0.5) is 0 Å². The highest BCUT2D eigenvalue weighted by Crippen LogP contribution is 2.18. The van der Waals surface area contributed by atoms with E-state index in [1.165, 1.54) is 6.07 Å². The largest absolute Gasteiger partial charge is 0.227 e. The van der Waals surface area contributed by atoms with E-state index >= 15 is 0 Å². The molecule has 0 aliphatic rings. The molecule has 0 heterocycles. The van der Waals surface area contributed by atoms with Crippen molar-refractivity contribution in [2.24, 2.45) is 0 Å². The van der Waals surface area contributed by atoms with Gasteiger partial charge in [-0.2, -0.15) is 5.26 Å². The molecule has 0 saturated carbocycles. The normalized spacial score (nSPS) is 18.0. The molecule has 0 aromatic carbocycles. The Morgan fingerprint density at radius 3 is 2.00 bits per heavy atom. The first kappa shape index (κ1) is 8.73. The van der Waals surface area contributed by atoms with Gasteiger partial charge in [0.25, 0.3) is 0 Å². The highest BCUT2D eigenvalue weighted by atomic mass is 35.5. The lowest BCUT2D eigenvalue weighted by Crippen LogP contribution is -2.25. The first-order valence-corrected chi connectivity index (χ1v) is 4.38. The summed E-state index contributed by atoms with van der Waals surface area (Å²) in [5.74, 6) is 0. The van der Waals surface area contributed by atoms with Crippen molar-refractivity contribution in [3.05, 3.63) is 0 Å². The third-order valence-corrected chi connectivity index (χ3v) is 3.31. The predicted octanol–water partition coefficient (Wildman–Crippen LogP) is 0.510. The number of nitrogens with zero attached hydrogens (tertiary/aromatic N) is 1. The molecule has 0 aliphatic heterocycles. The lowest BCUT2D eigenvalue weighted by Gasteiger charge is -2.07. The van der Waals surface area contributed by atoms with E-state index in [1.807, 2.05) is 0 Å². The third kappa shape index (κ3) is 1.84. The van der Waals surface area contributed by atoms with Crippen molar-refractivity contribution in [3.8, 4) is 6.07 Å². The van der Waals surface area contributed by atoms with Gasteiger partial charge >= 0.3 is 0 Å². The Hall–Kier alpha value is -0.270. The Bertz CT molecular complexity index is 236. The Morgan fingerprint density at radius 1 is 1.67 bits per heavy atom. The average Bonchev–Trinajstić information content (AvgIpc) is 1.64. The fraction of sp³-hybridized carbons (Fsp3) is 0.750. The molecular formula is C4H6ClNO2S. The van der Waals surface area contributed by atoms with Crippen LogP contribution in [0.2, 0.25) is 0 Å². The van der Waals surface area contributed by atoms with Gasteiger partial charge in [0.05, 0.1) is 0 Å². The van der Waals surface area contributed by atoms with Crippen LogP contribution in [-0.4, -0.2) is 18.9 Å². The Balaban J connectivity index is 4.85. The average molecular weight is 168 g/mol. The molecule has 0 amide bonds. The molecule has 0 radical (unpaired) electrons. The number of halogens is 1. The van der Waals surface area contributed by atoms with E-state index in [0.717, 1.165) is 13.2 Å². The molecule has 0 N–H and O–H groups in total. The highest BCUT2D eigenvalue weighted by Gasteiger charge is 2.32. The summed E-state index contributed by atoms with van der Waals surface area (Å²) in [6, 6.07) is 1.46. The monoisotopic (exact) mass is 167 g/mol. The lowest BCUT2D eigenvalue weighted by atomic mass is 10.5. The fourth-order valence-corrected chi connectivity index (χ4v) is 0.249. The zero-order valence-electron chi connectivity index (χ0n) is 5.05. The van der Waals surface area contributed by atoms with E-state index < -0.39 is 14.0 Å². The van der Waals surface area contributed by atoms with Gasteiger partial charge in [0, 0.05) is 6.26 Å². The Labute approximate surface area is 59.2 Å². The Kier molecular flexibility index (Phi) is 2.10. The minimum Gasteiger partial charge on any atom is -0.226 e. The second-order valence-electron chi connectivity index (χ2n) is 1.80. The topological polar surface area (TPSA) is 57.9 Å². The lowest BCUT2D eigenvalue weighted by molar-refractivity contribution is 0.593. The van der Waals surface area contributed by atoms with E-state index in [0.29, 0.717) is 0 Å². The van der Waals surface area contributed by atoms with Crippen LogP contribution in [0.1, 0.15) is 6.92 Å². The van der Waals surface area contributed by atoms with Gasteiger partial charge in [-0.15, -0.1) is 0 Å². The minimum atomic E-state index is -3.45. The molecule has 0 aromatic heterocycles. The first-order valence-electron chi connectivity index (χ1n) is 2.11. The summed E-state index contributed by atoms with van der Waals surface area (Å²) in [6.45, 7) is 1.14. The fourth-order valence-electron chi connectivity index (χ4n) is 0.0829. The number of nitriles is 1. The van der Waals surface area contributed by atoms with Crippen molar-refractivity contribution in [2.45, 2.75) is 11.1 Å². The minimum absolute atomic E-state index is 0.920. The second kappa shape index (κ2) is 2.16. The van der Waals surface area contributed by atoms with Crippen LogP contribution in [0, 0.1) is 11.3 Å². The second-order valence-corrected chi connectivity index (χ2v) is 5.14. The molecule has 0 spiro atoms. The maximum Gasteiger partial charge on any atom is 0.227 e. The van der Waals surface area contributed by atoms with Gasteiger partial charge in [-0.1, -0.05) is 11.6 Å². The molecule has 0 aromatic rings. The molecule has 0 fully saturated rings. The van der Waals surface area contributed by atoms with E-state index in [2.05, 4.69) is 0 Å². The number of alkyl halides is 1. The molecule has 5 heteroatoms. The van der Waals surface area contributed by atoms with Crippen molar-refractivity contribution in [1.29, 1.82) is 5.26 Å². The van der Waals surface area contributed by atoms with Gasteiger partial charge in [0.15, 0.2) is 9.84 Å². The number of hydrogen-bond donors (Lipinski definition) is 0. The van der Waals surface area contributed by atoms with E-state index in [-0.39, 0.29) is 0 Å². The molecule has 0 unspecified atom stereocenters.